The van der Waals surface area contributed by atoms with E-state index in [0.717, 1.165) is 43.7 Å². The second-order valence-corrected chi connectivity index (χ2v) is 12.2. The van der Waals surface area contributed by atoms with Gasteiger partial charge in [0.05, 0.1) is 0 Å². The monoisotopic (exact) mass is 438 g/mol. The fourth-order valence-electron chi connectivity index (χ4n) is 9.22. The summed E-state index contributed by atoms with van der Waals surface area (Å²) in [6.45, 7) is 4.88. The highest BCUT2D eigenvalue weighted by atomic mass is 16.3. The first-order valence-electron chi connectivity index (χ1n) is 13.0. The smallest absolute Gasteiger partial charge is 0.138 e. The van der Waals surface area contributed by atoms with Crippen LogP contribution < -0.4 is 0 Å². The summed E-state index contributed by atoms with van der Waals surface area (Å²) in [5, 5.41) is 13.8. The van der Waals surface area contributed by atoms with E-state index in [0.29, 0.717) is 23.2 Å². The van der Waals surface area contributed by atoms with E-state index in [1.165, 1.54) is 46.8 Å². The van der Waals surface area contributed by atoms with Gasteiger partial charge in [0.1, 0.15) is 11.2 Å². The number of pyridine rings is 1. The molecule has 1 aromatic carbocycles. The molecule has 2 heterocycles. The number of rotatable bonds is 0. The van der Waals surface area contributed by atoms with Gasteiger partial charge in [-0.05, 0) is 98.1 Å². The van der Waals surface area contributed by atoms with Crippen LogP contribution in [0.2, 0.25) is 0 Å². The van der Waals surface area contributed by atoms with Gasteiger partial charge in [-0.3, -0.25) is 0 Å². The second-order valence-electron chi connectivity index (χ2n) is 12.2. The summed E-state index contributed by atoms with van der Waals surface area (Å²) in [6.07, 6.45) is 14.8. The van der Waals surface area contributed by atoms with Crippen molar-refractivity contribution in [3.05, 3.63) is 41.6 Å². The molecule has 4 aliphatic carbocycles. The molecule has 7 atom stereocenters. The Kier molecular flexibility index (Phi) is 3.91. The number of aromatic nitrogens is 2. The number of nitrogens with zero attached hydrogens (tertiary/aromatic N) is 1. The fraction of sp³-hybridized carbons (Fsp3) is 0.567. The Hall–Kier alpha value is -2.31. The average Bonchev–Trinajstić information content (AvgIpc) is 3.30. The van der Waals surface area contributed by atoms with Gasteiger partial charge in [-0.15, -0.1) is 6.42 Å². The highest BCUT2D eigenvalue weighted by molar-refractivity contribution is 6.06. The van der Waals surface area contributed by atoms with E-state index < -0.39 is 5.60 Å². The molecule has 3 nitrogen and oxygen atoms in total. The molecule has 3 fully saturated rings. The number of hydrogen-bond donors (Lipinski definition) is 2. The highest BCUT2D eigenvalue weighted by Gasteiger charge is 2.64. The largest absolute Gasteiger partial charge is 0.377 e. The lowest BCUT2D eigenvalue weighted by Gasteiger charge is -2.60. The van der Waals surface area contributed by atoms with E-state index >= 15 is 0 Å². The zero-order chi connectivity index (χ0) is 22.6. The lowest BCUT2D eigenvalue weighted by atomic mass is 9.44. The third-order valence-corrected chi connectivity index (χ3v) is 11.1. The number of nitrogens with one attached hydrogen (secondary N) is 1. The molecule has 0 saturated heterocycles. The Balaban J connectivity index is 1.28. The standard InChI is InChI=1S/C30H34N2O/c1-4-30(33)14-12-24-21-10-9-19-16-26-18(17-28(19,2)23(21)11-13-29(24,30)3)15-22-20-7-5-6-8-25(20)31-27(22)32-26/h1,5-8,15,19,21,23-24,33H,9-14,16-17H2,2-3H3,(H,31,32)/t19-,21+,23-,24-,28-,29-,30-/m0/s1. The Labute approximate surface area is 196 Å². The minimum Gasteiger partial charge on any atom is -0.377 e. The van der Waals surface area contributed by atoms with Crippen LogP contribution >= 0.6 is 0 Å². The van der Waals surface area contributed by atoms with Crippen molar-refractivity contribution in [1.29, 1.82) is 0 Å². The molecule has 3 saturated carbocycles. The molecular weight excluding hydrogens is 404 g/mol. The lowest BCUT2D eigenvalue weighted by Crippen LogP contribution is -2.56. The predicted octanol–water partition coefficient (Wildman–Crippen LogP) is 6.04. The van der Waals surface area contributed by atoms with Gasteiger partial charge < -0.3 is 10.1 Å². The van der Waals surface area contributed by atoms with E-state index in [-0.39, 0.29) is 5.41 Å². The zero-order valence-corrected chi connectivity index (χ0v) is 19.8. The topological polar surface area (TPSA) is 48.9 Å². The maximum atomic E-state index is 11.3. The molecule has 0 radical (unpaired) electrons. The van der Waals surface area contributed by atoms with E-state index in [4.69, 9.17) is 11.4 Å². The SMILES string of the molecule is C#C[C@]1(O)CC[C@H]2[C@@H]3CC[C@H]4Cc5nc6[nH]c7ccccc7c6cc5C[C@]4(C)[C@H]3CC[C@@]21C. The molecular formula is C30H34N2O. The molecule has 2 aromatic heterocycles. The van der Waals surface area contributed by atoms with Crippen molar-refractivity contribution in [3.63, 3.8) is 0 Å². The van der Waals surface area contributed by atoms with E-state index in [1.54, 1.807) is 0 Å². The summed E-state index contributed by atoms with van der Waals surface area (Å²) in [5.41, 5.74) is 4.29. The number of fused-ring (bicyclic) bond motifs is 9. The van der Waals surface area contributed by atoms with Gasteiger partial charge in [-0.2, -0.15) is 0 Å². The summed E-state index contributed by atoms with van der Waals surface area (Å²) >= 11 is 0. The van der Waals surface area contributed by atoms with Crippen molar-refractivity contribution in [2.24, 2.45) is 34.5 Å². The molecule has 0 amide bonds. The van der Waals surface area contributed by atoms with Gasteiger partial charge in [-0.25, -0.2) is 4.98 Å². The number of terminal acetylenes is 1. The molecule has 0 spiro atoms. The zero-order valence-electron chi connectivity index (χ0n) is 19.8. The number of aliphatic hydroxyl groups is 1. The molecule has 170 valence electrons. The van der Waals surface area contributed by atoms with Crippen molar-refractivity contribution in [1.82, 2.24) is 9.97 Å². The van der Waals surface area contributed by atoms with Gasteiger partial charge >= 0.3 is 0 Å². The van der Waals surface area contributed by atoms with Crippen LogP contribution in [0.1, 0.15) is 63.6 Å². The van der Waals surface area contributed by atoms with Gasteiger partial charge in [0, 0.05) is 27.4 Å². The summed E-state index contributed by atoms with van der Waals surface area (Å²) < 4.78 is 0. The van der Waals surface area contributed by atoms with Crippen LogP contribution in [0, 0.1) is 46.8 Å². The summed E-state index contributed by atoms with van der Waals surface area (Å²) in [6, 6.07) is 11.0. The van der Waals surface area contributed by atoms with Crippen molar-refractivity contribution in [2.45, 2.75) is 70.8 Å². The van der Waals surface area contributed by atoms with Crippen LogP contribution in [0.3, 0.4) is 0 Å². The summed E-state index contributed by atoms with van der Waals surface area (Å²) in [4.78, 5) is 8.71. The first kappa shape index (κ1) is 20.1. The van der Waals surface area contributed by atoms with Crippen molar-refractivity contribution < 1.29 is 5.11 Å². The number of aromatic amines is 1. The van der Waals surface area contributed by atoms with Crippen molar-refractivity contribution >= 4 is 21.9 Å². The Morgan fingerprint density at radius 3 is 2.73 bits per heavy atom. The van der Waals surface area contributed by atoms with Gasteiger partial charge in [0.2, 0.25) is 0 Å². The van der Waals surface area contributed by atoms with Crippen LogP contribution in [0.5, 0.6) is 0 Å². The normalized spacial score (nSPS) is 41.8. The summed E-state index contributed by atoms with van der Waals surface area (Å²) in [5.74, 6) is 5.51. The number of benzene rings is 1. The molecule has 3 aromatic rings. The first-order chi connectivity index (χ1) is 15.9. The van der Waals surface area contributed by atoms with Gasteiger partial charge in [0.15, 0.2) is 0 Å². The summed E-state index contributed by atoms with van der Waals surface area (Å²) in [7, 11) is 0. The van der Waals surface area contributed by atoms with Crippen molar-refractivity contribution in [3.8, 4) is 12.3 Å². The molecule has 3 heteroatoms. The second kappa shape index (κ2) is 6.42. The van der Waals surface area contributed by atoms with Gasteiger partial charge in [0.25, 0.3) is 0 Å². The van der Waals surface area contributed by atoms with Crippen LogP contribution in [-0.2, 0) is 12.8 Å². The minimum absolute atomic E-state index is 0.115. The van der Waals surface area contributed by atoms with Crippen LogP contribution in [0.15, 0.2) is 30.3 Å². The van der Waals surface area contributed by atoms with Crippen LogP contribution in [-0.4, -0.2) is 20.7 Å². The van der Waals surface area contributed by atoms with E-state index in [2.05, 4.69) is 55.1 Å². The van der Waals surface area contributed by atoms with Gasteiger partial charge in [-0.1, -0.05) is 38.0 Å². The fourth-order valence-corrected chi connectivity index (χ4v) is 9.22. The molecule has 7 rings (SSSR count). The molecule has 2 N–H and O–H groups in total. The maximum Gasteiger partial charge on any atom is 0.138 e. The average molecular weight is 439 g/mol. The first-order valence-corrected chi connectivity index (χ1v) is 13.0. The third-order valence-electron chi connectivity index (χ3n) is 11.1. The molecule has 0 bridgehead atoms. The van der Waals surface area contributed by atoms with E-state index in [1.807, 2.05) is 0 Å². The van der Waals surface area contributed by atoms with Crippen LogP contribution in [0.4, 0.5) is 0 Å². The molecule has 0 aliphatic heterocycles. The number of H-pyrrole nitrogens is 1. The lowest BCUT2D eigenvalue weighted by molar-refractivity contribution is -0.127. The Bertz CT molecular complexity index is 1330. The number of para-hydroxylation sites is 1. The highest BCUT2D eigenvalue weighted by Crippen LogP contribution is 2.67. The van der Waals surface area contributed by atoms with Crippen LogP contribution in [0.25, 0.3) is 21.9 Å². The quantitative estimate of drug-likeness (QED) is 0.421. The molecule has 4 aliphatic rings. The maximum absolute atomic E-state index is 11.3. The van der Waals surface area contributed by atoms with Crippen molar-refractivity contribution in [2.75, 3.05) is 0 Å². The Morgan fingerprint density at radius 1 is 1.06 bits per heavy atom. The predicted molar refractivity (Wildman–Crippen MR) is 133 cm³/mol. The molecule has 0 unspecified atom stereocenters. The third kappa shape index (κ3) is 2.43. The van der Waals surface area contributed by atoms with E-state index in [9.17, 15) is 5.11 Å². The molecule has 33 heavy (non-hydrogen) atoms. The number of hydrogen-bond acceptors (Lipinski definition) is 2. The minimum atomic E-state index is -0.912. The Morgan fingerprint density at radius 2 is 1.88 bits per heavy atom.